The first-order chi connectivity index (χ1) is 6.50. The maximum atomic E-state index is 11.1. The monoisotopic (exact) mass is 198 g/mol. The Kier molecular flexibility index (Phi) is 2.85. The maximum Gasteiger partial charge on any atom is 0.328 e. The number of nitrogens with one attached hydrogen (secondary N) is 1. The summed E-state index contributed by atoms with van der Waals surface area (Å²) in [5.41, 5.74) is -1.08. The molecule has 1 aromatic heterocycles. The lowest BCUT2D eigenvalue weighted by atomic mass is 10.2. The molecule has 0 radical (unpaired) electrons. The lowest BCUT2D eigenvalue weighted by Crippen LogP contribution is -2.31. The van der Waals surface area contributed by atoms with E-state index in [1.54, 1.807) is 0 Å². The molecule has 0 saturated heterocycles. The number of aromatic nitrogens is 2. The quantitative estimate of drug-likeness (QED) is 0.668. The van der Waals surface area contributed by atoms with E-state index < -0.39 is 23.1 Å². The Hall–Kier alpha value is -1.85. The van der Waals surface area contributed by atoms with Crippen molar-refractivity contribution in [3.05, 3.63) is 33.1 Å². The molecular weight excluding hydrogens is 188 g/mol. The topological polar surface area (TPSA) is 92.2 Å². The molecule has 6 nitrogen and oxygen atoms in total. The molecule has 0 saturated carbocycles. The molecule has 1 atom stereocenters. The van der Waals surface area contributed by atoms with Crippen LogP contribution in [0.3, 0.4) is 0 Å². The van der Waals surface area contributed by atoms with E-state index in [4.69, 9.17) is 5.11 Å². The van der Waals surface area contributed by atoms with Crippen LogP contribution < -0.4 is 11.2 Å². The minimum atomic E-state index is -0.983. The lowest BCUT2D eigenvalue weighted by Gasteiger charge is -2.07. The molecule has 1 aromatic rings. The van der Waals surface area contributed by atoms with Crippen LogP contribution in [0.15, 0.2) is 21.9 Å². The van der Waals surface area contributed by atoms with Crippen molar-refractivity contribution in [2.45, 2.75) is 13.5 Å². The van der Waals surface area contributed by atoms with Crippen LogP contribution in [0, 0.1) is 5.92 Å². The van der Waals surface area contributed by atoms with Gasteiger partial charge in [-0.2, -0.15) is 0 Å². The second kappa shape index (κ2) is 3.91. The zero-order chi connectivity index (χ0) is 10.7. The minimum Gasteiger partial charge on any atom is -0.481 e. The van der Waals surface area contributed by atoms with Gasteiger partial charge in [-0.3, -0.25) is 19.1 Å². The van der Waals surface area contributed by atoms with Crippen molar-refractivity contribution in [2.75, 3.05) is 0 Å². The molecule has 0 bridgehead atoms. The lowest BCUT2D eigenvalue weighted by molar-refractivity contribution is -0.141. The van der Waals surface area contributed by atoms with Gasteiger partial charge in [0.05, 0.1) is 5.92 Å². The number of hydrogen-bond donors (Lipinski definition) is 2. The fourth-order valence-corrected chi connectivity index (χ4v) is 0.961. The highest BCUT2D eigenvalue weighted by atomic mass is 16.4. The molecular formula is C8H10N2O4. The van der Waals surface area contributed by atoms with E-state index in [2.05, 4.69) is 0 Å². The molecule has 0 aliphatic rings. The number of hydrogen-bond acceptors (Lipinski definition) is 3. The van der Waals surface area contributed by atoms with Gasteiger partial charge in [-0.05, 0) is 0 Å². The summed E-state index contributed by atoms with van der Waals surface area (Å²) in [7, 11) is 0. The van der Waals surface area contributed by atoms with E-state index >= 15 is 0 Å². The van der Waals surface area contributed by atoms with Gasteiger partial charge in [-0.1, -0.05) is 6.92 Å². The maximum absolute atomic E-state index is 11.1. The van der Waals surface area contributed by atoms with Crippen LogP contribution in [0.1, 0.15) is 6.92 Å². The minimum absolute atomic E-state index is 0.0466. The van der Waals surface area contributed by atoms with Gasteiger partial charge in [-0.25, -0.2) is 4.79 Å². The first kappa shape index (κ1) is 10.2. The summed E-state index contributed by atoms with van der Waals surface area (Å²) in [5, 5.41) is 8.60. The molecule has 76 valence electrons. The third kappa shape index (κ3) is 2.32. The van der Waals surface area contributed by atoms with Gasteiger partial charge in [-0.15, -0.1) is 0 Å². The summed E-state index contributed by atoms with van der Waals surface area (Å²) in [6.45, 7) is 1.53. The van der Waals surface area contributed by atoms with Gasteiger partial charge < -0.3 is 5.11 Å². The Balaban J connectivity index is 2.93. The number of aliphatic carboxylic acids is 1. The number of H-pyrrole nitrogens is 1. The molecule has 0 aliphatic carbocycles. The highest BCUT2D eigenvalue weighted by Crippen LogP contribution is 1.96. The normalized spacial score (nSPS) is 12.4. The largest absolute Gasteiger partial charge is 0.481 e. The molecule has 0 aromatic carbocycles. The van der Waals surface area contributed by atoms with Gasteiger partial charge in [0.1, 0.15) is 0 Å². The Morgan fingerprint density at radius 2 is 2.29 bits per heavy atom. The van der Waals surface area contributed by atoms with Crippen molar-refractivity contribution in [1.82, 2.24) is 9.55 Å². The number of nitrogens with zero attached hydrogens (tertiary/aromatic N) is 1. The zero-order valence-corrected chi connectivity index (χ0v) is 7.56. The van der Waals surface area contributed by atoms with Crippen LogP contribution in [0.2, 0.25) is 0 Å². The molecule has 1 rings (SSSR count). The zero-order valence-electron chi connectivity index (χ0n) is 7.56. The van der Waals surface area contributed by atoms with Crippen molar-refractivity contribution >= 4 is 5.97 Å². The Labute approximate surface area is 78.8 Å². The molecule has 1 heterocycles. The van der Waals surface area contributed by atoms with Gasteiger partial charge in [0.25, 0.3) is 5.56 Å². The first-order valence-electron chi connectivity index (χ1n) is 4.03. The van der Waals surface area contributed by atoms with Crippen LogP contribution in [0.5, 0.6) is 0 Å². The van der Waals surface area contributed by atoms with E-state index in [-0.39, 0.29) is 6.54 Å². The highest BCUT2D eigenvalue weighted by Gasteiger charge is 2.11. The van der Waals surface area contributed by atoms with Crippen LogP contribution in [-0.4, -0.2) is 20.6 Å². The number of carboxylic acid groups (broad SMARTS) is 1. The molecule has 14 heavy (non-hydrogen) atoms. The second-order valence-corrected chi connectivity index (χ2v) is 3.00. The van der Waals surface area contributed by atoms with E-state index in [1.807, 2.05) is 4.98 Å². The van der Waals surface area contributed by atoms with Crippen LogP contribution in [0.25, 0.3) is 0 Å². The van der Waals surface area contributed by atoms with E-state index in [0.29, 0.717) is 0 Å². The average Bonchev–Trinajstić information content (AvgIpc) is 2.09. The standard InChI is InChI=1S/C8H10N2O4/c1-5(7(12)13)4-10-3-2-6(11)9-8(10)14/h2-3,5H,4H2,1H3,(H,12,13)(H,9,11,14). The molecule has 1 unspecified atom stereocenters. The summed E-state index contributed by atoms with van der Waals surface area (Å²) < 4.78 is 1.15. The Bertz CT molecular complexity index is 445. The van der Waals surface area contributed by atoms with Crippen LogP contribution in [-0.2, 0) is 11.3 Å². The second-order valence-electron chi connectivity index (χ2n) is 3.00. The van der Waals surface area contributed by atoms with Crippen molar-refractivity contribution in [2.24, 2.45) is 5.92 Å². The number of rotatable bonds is 3. The third-order valence-electron chi connectivity index (χ3n) is 1.79. The molecule has 0 aliphatic heterocycles. The van der Waals surface area contributed by atoms with Gasteiger partial charge in [0, 0.05) is 18.8 Å². The van der Waals surface area contributed by atoms with Crippen molar-refractivity contribution in [3.8, 4) is 0 Å². The summed E-state index contributed by atoms with van der Waals surface area (Å²) in [6, 6.07) is 1.18. The third-order valence-corrected chi connectivity index (χ3v) is 1.79. The van der Waals surface area contributed by atoms with Gasteiger partial charge >= 0.3 is 11.7 Å². The summed E-state index contributed by atoms with van der Waals surface area (Å²) in [6.07, 6.45) is 1.28. The van der Waals surface area contributed by atoms with Crippen LogP contribution in [0.4, 0.5) is 0 Å². The summed E-state index contributed by atoms with van der Waals surface area (Å²) in [4.78, 5) is 34.3. The Morgan fingerprint density at radius 1 is 1.64 bits per heavy atom. The number of aromatic amines is 1. The summed E-state index contributed by atoms with van der Waals surface area (Å²) >= 11 is 0. The molecule has 0 fully saturated rings. The van der Waals surface area contributed by atoms with Crippen molar-refractivity contribution in [3.63, 3.8) is 0 Å². The predicted molar refractivity (Wildman–Crippen MR) is 48.1 cm³/mol. The van der Waals surface area contributed by atoms with Crippen LogP contribution >= 0.6 is 0 Å². The Morgan fingerprint density at radius 3 is 2.79 bits per heavy atom. The number of carbonyl (C=O) groups is 1. The summed E-state index contributed by atoms with van der Waals surface area (Å²) in [5.74, 6) is -1.65. The molecule has 0 spiro atoms. The smallest absolute Gasteiger partial charge is 0.328 e. The fraction of sp³-hybridized carbons (Fsp3) is 0.375. The van der Waals surface area contributed by atoms with E-state index in [1.165, 1.54) is 19.2 Å². The average molecular weight is 198 g/mol. The van der Waals surface area contributed by atoms with Gasteiger partial charge in [0.15, 0.2) is 0 Å². The highest BCUT2D eigenvalue weighted by molar-refractivity contribution is 5.69. The SMILES string of the molecule is CC(Cn1ccc(=O)[nH]c1=O)C(=O)O. The first-order valence-corrected chi connectivity index (χ1v) is 4.03. The fourth-order valence-electron chi connectivity index (χ4n) is 0.961. The number of carboxylic acids is 1. The van der Waals surface area contributed by atoms with Crippen molar-refractivity contribution < 1.29 is 9.90 Å². The van der Waals surface area contributed by atoms with E-state index in [9.17, 15) is 14.4 Å². The predicted octanol–water partition coefficient (Wildman–Crippen LogP) is -0.743. The van der Waals surface area contributed by atoms with Crippen molar-refractivity contribution in [1.29, 1.82) is 0 Å². The van der Waals surface area contributed by atoms with Gasteiger partial charge in [0.2, 0.25) is 0 Å². The van der Waals surface area contributed by atoms with E-state index in [0.717, 1.165) is 4.57 Å². The molecule has 2 N–H and O–H groups in total. The molecule has 6 heteroatoms. The molecule has 0 amide bonds.